The number of carbonyl (C=O) groups excluding carboxylic acids is 1. The molecule has 0 fully saturated rings. The van der Waals surface area contributed by atoms with Crippen LogP contribution in [0.25, 0.3) is 0 Å². The summed E-state index contributed by atoms with van der Waals surface area (Å²) in [7, 11) is 0. The first-order chi connectivity index (χ1) is 10.5. The number of rotatable bonds is 5. The third-order valence-corrected chi connectivity index (χ3v) is 3.65. The maximum atomic E-state index is 13.6. The summed E-state index contributed by atoms with van der Waals surface area (Å²) in [5.74, 6) is -1.49. The van der Waals surface area contributed by atoms with Crippen molar-refractivity contribution in [1.29, 1.82) is 0 Å². The molecular weight excluding hydrogens is 354 g/mol. The lowest BCUT2D eigenvalue weighted by Gasteiger charge is -2.15. The number of benzene rings is 2. The van der Waals surface area contributed by atoms with E-state index in [9.17, 15) is 13.6 Å². The molecule has 0 saturated carbocycles. The first-order valence-corrected chi connectivity index (χ1v) is 7.49. The quantitative estimate of drug-likeness (QED) is 0.836. The topological polar surface area (TPSA) is 41.1 Å². The molecule has 0 aliphatic rings. The highest BCUT2D eigenvalue weighted by Crippen LogP contribution is 2.17. The Morgan fingerprint density at radius 2 is 1.86 bits per heavy atom. The second-order valence-corrected chi connectivity index (χ2v) is 5.74. The summed E-state index contributed by atoms with van der Waals surface area (Å²) < 4.78 is 27.4. The van der Waals surface area contributed by atoms with Gasteiger partial charge >= 0.3 is 0 Å². The summed E-state index contributed by atoms with van der Waals surface area (Å²) in [5, 5.41) is 5.63. The second-order valence-electron chi connectivity index (χ2n) is 4.82. The molecule has 0 bridgehead atoms. The zero-order valence-electron chi connectivity index (χ0n) is 11.9. The van der Waals surface area contributed by atoms with Gasteiger partial charge in [-0.05, 0) is 37.3 Å². The first kappa shape index (κ1) is 16.6. The van der Waals surface area contributed by atoms with Crippen molar-refractivity contribution in [3.05, 3.63) is 64.1 Å². The minimum Gasteiger partial charge on any atom is -0.325 e. The standard InChI is InChI=1S/C16H15BrF2N2O/c1-10(14-7-4-12(18)8-15(14)19)20-9-16(22)21-13-5-2-11(17)3-6-13/h2-8,10,20H,9H2,1H3,(H,21,22)/t10-/m0/s1. The molecular formula is C16H15BrF2N2O. The van der Waals surface area contributed by atoms with E-state index in [1.54, 1.807) is 19.1 Å². The Bertz CT molecular complexity index is 662. The largest absolute Gasteiger partial charge is 0.325 e. The highest BCUT2D eigenvalue weighted by atomic mass is 79.9. The van der Waals surface area contributed by atoms with E-state index in [0.29, 0.717) is 11.3 Å². The molecule has 2 aromatic carbocycles. The van der Waals surface area contributed by atoms with Gasteiger partial charge in [0, 0.05) is 27.8 Å². The van der Waals surface area contributed by atoms with Crippen molar-refractivity contribution >= 4 is 27.5 Å². The number of hydrogen-bond donors (Lipinski definition) is 2. The molecule has 0 saturated heterocycles. The third kappa shape index (κ3) is 4.61. The van der Waals surface area contributed by atoms with Gasteiger partial charge in [-0.15, -0.1) is 0 Å². The minimum absolute atomic E-state index is 0.0219. The molecule has 2 N–H and O–H groups in total. The lowest BCUT2D eigenvalue weighted by Crippen LogP contribution is -2.30. The van der Waals surface area contributed by atoms with Crippen molar-refractivity contribution in [2.45, 2.75) is 13.0 Å². The van der Waals surface area contributed by atoms with Crippen molar-refractivity contribution < 1.29 is 13.6 Å². The zero-order valence-corrected chi connectivity index (χ0v) is 13.5. The molecule has 3 nitrogen and oxygen atoms in total. The van der Waals surface area contributed by atoms with Crippen molar-refractivity contribution in [3.8, 4) is 0 Å². The minimum atomic E-state index is -0.631. The van der Waals surface area contributed by atoms with E-state index in [4.69, 9.17) is 0 Å². The van der Waals surface area contributed by atoms with E-state index in [0.717, 1.165) is 10.5 Å². The fourth-order valence-electron chi connectivity index (χ4n) is 1.95. The lowest BCUT2D eigenvalue weighted by molar-refractivity contribution is -0.115. The molecule has 1 amide bonds. The molecule has 0 aliphatic carbocycles. The highest BCUT2D eigenvalue weighted by Gasteiger charge is 2.12. The highest BCUT2D eigenvalue weighted by molar-refractivity contribution is 9.10. The monoisotopic (exact) mass is 368 g/mol. The molecule has 1 atom stereocenters. The zero-order chi connectivity index (χ0) is 16.1. The number of carbonyl (C=O) groups is 1. The second kappa shape index (κ2) is 7.47. The van der Waals surface area contributed by atoms with Crippen LogP contribution in [-0.4, -0.2) is 12.5 Å². The number of anilines is 1. The molecule has 22 heavy (non-hydrogen) atoms. The maximum Gasteiger partial charge on any atom is 0.238 e. The van der Waals surface area contributed by atoms with E-state index in [1.807, 2.05) is 12.1 Å². The van der Waals surface area contributed by atoms with Gasteiger partial charge in [0.25, 0.3) is 0 Å². The molecule has 116 valence electrons. The summed E-state index contributed by atoms with van der Waals surface area (Å²) in [6, 6.07) is 10.2. The van der Waals surface area contributed by atoms with E-state index >= 15 is 0 Å². The van der Waals surface area contributed by atoms with Gasteiger partial charge < -0.3 is 10.6 Å². The van der Waals surface area contributed by atoms with Gasteiger partial charge in [-0.1, -0.05) is 22.0 Å². The Kier molecular flexibility index (Phi) is 5.63. The third-order valence-electron chi connectivity index (χ3n) is 3.13. The van der Waals surface area contributed by atoms with E-state index in [2.05, 4.69) is 26.6 Å². The summed E-state index contributed by atoms with van der Waals surface area (Å²) >= 11 is 3.31. The normalized spacial score (nSPS) is 12.0. The van der Waals surface area contributed by atoms with E-state index in [-0.39, 0.29) is 12.5 Å². The summed E-state index contributed by atoms with van der Waals surface area (Å²) in [6.07, 6.45) is 0. The summed E-state index contributed by atoms with van der Waals surface area (Å²) in [4.78, 5) is 11.8. The van der Waals surface area contributed by atoms with Crippen LogP contribution in [0.4, 0.5) is 14.5 Å². The Morgan fingerprint density at radius 1 is 1.18 bits per heavy atom. The maximum absolute atomic E-state index is 13.6. The molecule has 0 heterocycles. The van der Waals surface area contributed by atoms with Crippen LogP contribution in [-0.2, 0) is 4.79 Å². The van der Waals surface area contributed by atoms with Crippen LogP contribution < -0.4 is 10.6 Å². The molecule has 0 unspecified atom stereocenters. The van der Waals surface area contributed by atoms with E-state index in [1.165, 1.54) is 12.1 Å². The van der Waals surface area contributed by atoms with Gasteiger partial charge in [-0.3, -0.25) is 4.79 Å². The average Bonchev–Trinajstić information content (AvgIpc) is 2.47. The van der Waals surface area contributed by atoms with Crippen molar-refractivity contribution in [1.82, 2.24) is 5.32 Å². The molecule has 2 rings (SSSR count). The molecule has 0 radical (unpaired) electrons. The van der Waals surface area contributed by atoms with Gasteiger partial charge in [0.1, 0.15) is 11.6 Å². The number of halogens is 3. The van der Waals surface area contributed by atoms with Crippen LogP contribution in [0.5, 0.6) is 0 Å². The van der Waals surface area contributed by atoms with Crippen molar-refractivity contribution in [2.75, 3.05) is 11.9 Å². The smallest absolute Gasteiger partial charge is 0.238 e. The Hall–Kier alpha value is -1.79. The van der Waals surface area contributed by atoms with Crippen molar-refractivity contribution in [2.24, 2.45) is 0 Å². The Morgan fingerprint density at radius 3 is 2.50 bits per heavy atom. The molecule has 6 heteroatoms. The lowest BCUT2D eigenvalue weighted by atomic mass is 10.1. The van der Waals surface area contributed by atoms with Gasteiger partial charge in [0.05, 0.1) is 6.54 Å². The molecule has 0 spiro atoms. The predicted molar refractivity (Wildman–Crippen MR) is 85.5 cm³/mol. The Labute approximate surface area is 135 Å². The van der Waals surface area contributed by atoms with Gasteiger partial charge in [0.2, 0.25) is 5.91 Å². The van der Waals surface area contributed by atoms with Crippen LogP contribution in [0.2, 0.25) is 0 Å². The number of amides is 1. The van der Waals surface area contributed by atoms with Crippen LogP contribution in [0.15, 0.2) is 46.9 Å². The molecule has 0 aromatic heterocycles. The number of hydrogen-bond acceptors (Lipinski definition) is 2. The van der Waals surface area contributed by atoms with Crippen LogP contribution in [0, 0.1) is 11.6 Å². The van der Waals surface area contributed by atoms with Gasteiger partial charge in [-0.25, -0.2) is 8.78 Å². The van der Waals surface area contributed by atoms with Crippen LogP contribution >= 0.6 is 15.9 Å². The van der Waals surface area contributed by atoms with Crippen LogP contribution in [0.1, 0.15) is 18.5 Å². The predicted octanol–water partition coefficient (Wildman–Crippen LogP) is 4.02. The number of nitrogens with one attached hydrogen (secondary N) is 2. The van der Waals surface area contributed by atoms with E-state index < -0.39 is 17.7 Å². The fraction of sp³-hybridized carbons (Fsp3) is 0.188. The summed E-state index contributed by atoms with van der Waals surface area (Å²) in [6.45, 7) is 1.73. The Balaban J connectivity index is 1.88. The average molecular weight is 369 g/mol. The van der Waals surface area contributed by atoms with Gasteiger partial charge in [0.15, 0.2) is 0 Å². The van der Waals surface area contributed by atoms with Crippen LogP contribution in [0.3, 0.4) is 0 Å². The summed E-state index contributed by atoms with van der Waals surface area (Å²) in [5.41, 5.74) is 0.994. The SMILES string of the molecule is C[C@H](NCC(=O)Nc1ccc(Br)cc1)c1ccc(F)cc1F. The molecule has 0 aliphatic heterocycles. The van der Waals surface area contributed by atoms with Gasteiger partial charge in [-0.2, -0.15) is 0 Å². The van der Waals surface area contributed by atoms with Crippen molar-refractivity contribution in [3.63, 3.8) is 0 Å². The molecule has 2 aromatic rings. The first-order valence-electron chi connectivity index (χ1n) is 6.69. The fourth-order valence-corrected chi connectivity index (χ4v) is 2.21.